The number of carbonyl (C=O) groups is 1. The van der Waals surface area contributed by atoms with Crippen molar-refractivity contribution in [3.05, 3.63) is 12.2 Å². The molecule has 1 saturated heterocycles. The van der Waals surface area contributed by atoms with Gasteiger partial charge in [0.25, 0.3) is 0 Å². The summed E-state index contributed by atoms with van der Waals surface area (Å²) in [5.41, 5.74) is -0.749. The molecule has 3 fully saturated rings. The van der Waals surface area contributed by atoms with Crippen LogP contribution in [0.4, 0.5) is 0 Å². The molecule has 0 radical (unpaired) electrons. The second kappa shape index (κ2) is 3.16. The summed E-state index contributed by atoms with van der Waals surface area (Å²) in [5, 5.41) is -0.759. The molecule has 0 spiro atoms. The summed E-state index contributed by atoms with van der Waals surface area (Å²) in [6, 6.07) is 0. The van der Waals surface area contributed by atoms with Crippen LogP contribution in [0.2, 0.25) is 0 Å². The first-order chi connectivity index (χ1) is 8.82. The Labute approximate surface area is 114 Å². The third-order valence-electron chi connectivity index (χ3n) is 6.71. The maximum Gasteiger partial charge on any atom is 0.161 e. The number of Topliss-reactive ketones (excluding diaryl/α,β-unsaturated/α-hetero) is 1. The van der Waals surface area contributed by atoms with Gasteiger partial charge in [-0.2, -0.15) is 0 Å². The topological polar surface area (TPSA) is 51.2 Å². The Hall–Kier alpha value is -0.640. The largest absolute Gasteiger partial charge is 0.299 e. The van der Waals surface area contributed by atoms with Crippen LogP contribution in [0.25, 0.3) is 0 Å². The molecule has 0 unspecified atom stereocenters. The molecule has 1 heterocycles. The zero-order valence-corrected chi connectivity index (χ0v) is 12.2. The van der Waals surface area contributed by atoms with Crippen LogP contribution < -0.4 is 0 Å². The molecule has 0 aromatic rings. The number of ketones is 1. The molecule has 4 rings (SSSR count). The average molecular weight is 280 g/mol. The van der Waals surface area contributed by atoms with Crippen LogP contribution in [-0.4, -0.2) is 24.7 Å². The van der Waals surface area contributed by atoms with Crippen molar-refractivity contribution in [3.8, 4) is 0 Å². The molecule has 4 bridgehead atoms. The Balaban J connectivity index is 1.93. The summed E-state index contributed by atoms with van der Waals surface area (Å²) in [7, 11) is -3.17. The lowest BCUT2D eigenvalue weighted by atomic mass is 9.64. The highest BCUT2D eigenvalue weighted by molar-refractivity contribution is 7.93. The van der Waals surface area contributed by atoms with Gasteiger partial charge in [-0.15, -0.1) is 0 Å². The summed E-state index contributed by atoms with van der Waals surface area (Å²) in [4.78, 5) is 12.6. The molecular weight excluding hydrogens is 260 g/mol. The first-order valence-electron chi connectivity index (χ1n) is 7.26. The van der Waals surface area contributed by atoms with E-state index in [0.29, 0.717) is 18.8 Å². The van der Waals surface area contributed by atoms with E-state index in [4.69, 9.17) is 0 Å². The maximum absolute atomic E-state index is 12.8. The molecule has 4 heteroatoms. The first-order valence-corrected chi connectivity index (χ1v) is 8.87. The number of rotatable bonds is 1. The summed E-state index contributed by atoms with van der Waals surface area (Å²) in [5.74, 6) is 0.691. The van der Waals surface area contributed by atoms with E-state index < -0.39 is 20.5 Å². The van der Waals surface area contributed by atoms with E-state index in [-0.39, 0.29) is 22.4 Å². The van der Waals surface area contributed by atoms with Gasteiger partial charge in [-0.1, -0.05) is 26.0 Å². The lowest BCUT2D eigenvalue weighted by Gasteiger charge is -2.43. The van der Waals surface area contributed by atoms with Crippen LogP contribution in [-0.2, 0) is 14.6 Å². The van der Waals surface area contributed by atoms with Gasteiger partial charge >= 0.3 is 0 Å². The summed E-state index contributed by atoms with van der Waals surface area (Å²) < 4.78 is 25.5. The van der Waals surface area contributed by atoms with Gasteiger partial charge in [-0.3, -0.25) is 4.79 Å². The molecular formula is C15H20O3S. The molecule has 104 valence electrons. The van der Waals surface area contributed by atoms with Crippen LogP contribution in [0.15, 0.2) is 12.2 Å². The third kappa shape index (κ3) is 1.09. The Morgan fingerprint density at radius 1 is 1.26 bits per heavy atom. The Kier molecular flexibility index (Phi) is 2.02. The number of carbonyl (C=O) groups excluding carboxylic acids is 1. The van der Waals surface area contributed by atoms with Crippen molar-refractivity contribution in [1.29, 1.82) is 0 Å². The summed E-state index contributed by atoms with van der Waals surface area (Å²) >= 11 is 0. The van der Waals surface area contributed by atoms with Crippen molar-refractivity contribution in [3.63, 3.8) is 0 Å². The van der Waals surface area contributed by atoms with Gasteiger partial charge in [0.1, 0.15) is 5.78 Å². The Morgan fingerprint density at radius 3 is 2.47 bits per heavy atom. The van der Waals surface area contributed by atoms with E-state index in [1.807, 2.05) is 6.08 Å². The van der Waals surface area contributed by atoms with Crippen LogP contribution in [0.5, 0.6) is 0 Å². The van der Waals surface area contributed by atoms with Gasteiger partial charge in [0.2, 0.25) is 0 Å². The molecule has 0 amide bonds. The number of hydrogen-bond acceptors (Lipinski definition) is 3. The normalized spacial score (nSPS) is 52.2. The second-order valence-electron chi connectivity index (χ2n) is 7.39. The molecule has 5 atom stereocenters. The standard InChI is InChI=1S/C15H20O3S/c1-14(2)10-5-6-15(14,12(16)8-10)13-9-3-4-11(7-9)19(13,17)18/h3-4,9-11,13H,5-8H2,1-2H3/t9-,10-,11+,13+,15+/m1/s1. The van der Waals surface area contributed by atoms with Gasteiger partial charge in [-0.25, -0.2) is 8.42 Å². The van der Waals surface area contributed by atoms with Gasteiger partial charge < -0.3 is 0 Å². The van der Waals surface area contributed by atoms with Gasteiger partial charge in [0.05, 0.1) is 15.9 Å². The van der Waals surface area contributed by atoms with Crippen molar-refractivity contribution in [2.45, 2.75) is 50.0 Å². The van der Waals surface area contributed by atoms with Crippen molar-refractivity contribution >= 4 is 15.6 Å². The zero-order valence-electron chi connectivity index (χ0n) is 11.4. The molecule has 4 aliphatic rings. The number of fused-ring (bicyclic) bond motifs is 4. The fourth-order valence-electron chi connectivity index (χ4n) is 5.62. The molecule has 0 aromatic carbocycles. The third-order valence-corrected chi connectivity index (χ3v) is 9.37. The van der Waals surface area contributed by atoms with Crippen molar-refractivity contribution < 1.29 is 13.2 Å². The highest BCUT2D eigenvalue weighted by Crippen LogP contribution is 2.69. The smallest absolute Gasteiger partial charge is 0.161 e. The predicted octanol–water partition coefficient (Wildman–Crippen LogP) is 2.12. The number of hydrogen-bond donors (Lipinski definition) is 0. The minimum absolute atomic E-state index is 0.0788. The predicted molar refractivity (Wildman–Crippen MR) is 72.3 cm³/mol. The zero-order chi connectivity index (χ0) is 13.6. The second-order valence-corrected chi connectivity index (χ2v) is 9.68. The minimum Gasteiger partial charge on any atom is -0.299 e. The molecule has 2 saturated carbocycles. The quantitative estimate of drug-likeness (QED) is 0.691. The van der Waals surface area contributed by atoms with Gasteiger partial charge in [-0.05, 0) is 36.5 Å². The highest BCUT2D eigenvalue weighted by Gasteiger charge is 2.72. The van der Waals surface area contributed by atoms with E-state index in [9.17, 15) is 13.2 Å². The number of allylic oxidation sites excluding steroid dienone is 1. The van der Waals surface area contributed by atoms with E-state index in [1.165, 1.54) is 0 Å². The molecule has 1 aliphatic heterocycles. The van der Waals surface area contributed by atoms with Crippen molar-refractivity contribution in [2.75, 3.05) is 0 Å². The highest BCUT2D eigenvalue weighted by atomic mass is 32.2. The number of sulfone groups is 1. The summed E-state index contributed by atoms with van der Waals surface area (Å²) in [6.07, 6.45) is 7.01. The molecule has 3 aliphatic carbocycles. The van der Waals surface area contributed by atoms with Gasteiger partial charge in [0.15, 0.2) is 9.84 Å². The molecule has 3 nitrogen and oxygen atoms in total. The average Bonchev–Trinajstić information content (AvgIpc) is 2.97. The van der Waals surface area contributed by atoms with Crippen molar-refractivity contribution in [1.82, 2.24) is 0 Å². The van der Waals surface area contributed by atoms with E-state index in [1.54, 1.807) is 0 Å². The van der Waals surface area contributed by atoms with E-state index in [0.717, 1.165) is 12.8 Å². The van der Waals surface area contributed by atoms with Crippen LogP contribution >= 0.6 is 0 Å². The minimum atomic E-state index is -3.17. The fourth-order valence-corrected chi connectivity index (χ4v) is 8.60. The Morgan fingerprint density at radius 2 is 2.00 bits per heavy atom. The first kappa shape index (κ1) is 12.1. The fraction of sp³-hybridized carbons (Fsp3) is 0.800. The van der Waals surface area contributed by atoms with Crippen LogP contribution in [0.3, 0.4) is 0 Å². The molecule has 19 heavy (non-hydrogen) atoms. The maximum atomic E-state index is 12.8. The Bertz CT molecular complexity index is 601. The van der Waals surface area contributed by atoms with Gasteiger partial charge in [0, 0.05) is 6.42 Å². The summed E-state index contributed by atoms with van der Waals surface area (Å²) in [6.45, 7) is 4.25. The monoisotopic (exact) mass is 280 g/mol. The molecule has 0 N–H and O–H groups in total. The van der Waals surface area contributed by atoms with E-state index >= 15 is 0 Å². The SMILES string of the molecule is CC1(C)[C@@H]2CC[C@@]1([C@@H]1[C@@H]3C=C[C@@H](C3)S1(=O)=O)C(=O)C2. The lowest BCUT2D eigenvalue weighted by molar-refractivity contribution is -0.130. The lowest BCUT2D eigenvalue weighted by Crippen LogP contribution is -2.51. The molecule has 0 aromatic heterocycles. The van der Waals surface area contributed by atoms with Crippen LogP contribution in [0, 0.1) is 22.7 Å². The van der Waals surface area contributed by atoms with E-state index in [2.05, 4.69) is 19.9 Å². The van der Waals surface area contributed by atoms with Crippen molar-refractivity contribution in [2.24, 2.45) is 22.7 Å². The van der Waals surface area contributed by atoms with Crippen LogP contribution in [0.1, 0.15) is 39.5 Å².